The van der Waals surface area contributed by atoms with Crippen LogP contribution in [0.15, 0.2) is 12.1 Å². The zero-order chi connectivity index (χ0) is 12.8. The van der Waals surface area contributed by atoms with Gasteiger partial charge in [0.05, 0.1) is 12.8 Å². The Balaban J connectivity index is 2.56. The number of aryl methyl sites for hydroxylation is 1. The van der Waals surface area contributed by atoms with Crippen molar-refractivity contribution < 1.29 is 8.95 Å². The number of hydrogen-bond donors (Lipinski definition) is 1. The number of nitrogens with zero attached hydrogens (tertiary/aromatic N) is 1. The quantitative estimate of drug-likeness (QED) is 0.832. The summed E-state index contributed by atoms with van der Waals surface area (Å²) >= 11 is 0. The molecule has 0 spiro atoms. The number of rotatable bonds is 6. The molecule has 0 fully saturated rings. The van der Waals surface area contributed by atoms with Crippen molar-refractivity contribution >= 4 is 10.8 Å². The van der Waals surface area contributed by atoms with Crippen LogP contribution in [-0.2, 0) is 17.3 Å². The van der Waals surface area contributed by atoms with E-state index in [9.17, 15) is 4.21 Å². The van der Waals surface area contributed by atoms with Gasteiger partial charge in [-0.25, -0.2) is 0 Å². The number of pyridine rings is 1. The van der Waals surface area contributed by atoms with E-state index < -0.39 is 10.8 Å². The first-order valence-electron chi connectivity index (χ1n) is 5.56. The van der Waals surface area contributed by atoms with Crippen LogP contribution in [0.2, 0.25) is 0 Å². The summed E-state index contributed by atoms with van der Waals surface area (Å²) in [5.41, 5.74) is 1.88. The molecule has 2 atom stereocenters. The molecule has 0 aliphatic rings. The Morgan fingerprint density at radius 1 is 1.53 bits per heavy atom. The number of nitrogens with one attached hydrogen (secondary N) is 1. The van der Waals surface area contributed by atoms with Crippen LogP contribution >= 0.6 is 0 Å². The van der Waals surface area contributed by atoms with Gasteiger partial charge in [0.1, 0.15) is 5.75 Å². The molecule has 0 bridgehead atoms. The molecule has 1 N–H and O–H groups in total. The second kappa shape index (κ2) is 6.71. The maximum absolute atomic E-state index is 11.1. The highest BCUT2D eigenvalue weighted by Gasteiger charge is 2.05. The van der Waals surface area contributed by atoms with Crippen molar-refractivity contribution in [2.75, 3.05) is 19.1 Å². The molecule has 2 unspecified atom stereocenters. The van der Waals surface area contributed by atoms with Gasteiger partial charge >= 0.3 is 0 Å². The molecule has 96 valence electrons. The van der Waals surface area contributed by atoms with Crippen molar-refractivity contribution in [2.24, 2.45) is 0 Å². The lowest BCUT2D eigenvalue weighted by atomic mass is 10.2. The summed E-state index contributed by atoms with van der Waals surface area (Å²) < 4.78 is 16.2. The predicted octanol–water partition coefficient (Wildman–Crippen LogP) is 1.26. The van der Waals surface area contributed by atoms with E-state index in [0.717, 1.165) is 17.1 Å². The zero-order valence-electron chi connectivity index (χ0n) is 10.8. The fourth-order valence-corrected chi connectivity index (χ4v) is 2.42. The molecule has 1 aromatic heterocycles. The standard InChI is InChI=1S/C12H20N2O2S/c1-9-5-12(16-3)6-11(14-9)7-13-10(2)8-17(4)15/h5-6,10,13H,7-8H2,1-4H3. The summed E-state index contributed by atoms with van der Waals surface area (Å²) in [6.07, 6.45) is 1.71. The first-order valence-corrected chi connectivity index (χ1v) is 7.29. The van der Waals surface area contributed by atoms with Gasteiger partial charge in [-0.2, -0.15) is 0 Å². The normalized spacial score (nSPS) is 14.4. The fraction of sp³-hybridized carbons (Fsp3) is 0.583. The van der Waals surface area contributed by atoms with Crippen molar-refractivity contribution in [3.63, 3.8) is 0 Å². The lowest BCUT2D eigenvalue weighted by Crippen LogP contribution is -2.30. The van der Waals surface area contributed by atoms with E-state index in [2.05, 4.69) is 10.3 Å². The van der Waals surface area contributed by atoms with Gasteiger partial charge in [0.15, 0.2) is 0 Å². The number of ether oxygens (including phenoxy) is 1. The predicted molar refractivity (Wildman–Crippen MR) is 70.8 cm³/mol. The van der Waals surface area contributed by atoms with Gasteiger partial charge in [-0.3, -0.25) is 9.19 Å². The SMILES string of the molecule is COc1cc(C)nc(CNC(C)CS(C)=O)c1. The molecule has 0 amide bonds. The van der Waals surface area contributed by atoms with Crippen LogP contribution < -0.4 is 10.1 Å². The van der Waals surface area contributed by atoms with E-state index >= 15 is 0 Å². The molecule has 0 radical (unpaired) electrons. The summed E-state index contributed by atoms with van der Waals surface area (Å²) in [5.74, 6) is 1.48. The Morgan fingerprint density at radius 2 is 2.24 bits per heavy atom. The molecule has 0 aliphatic carbocycles. The molecule has 0 saturated carbocycles. The summed E-state index contributed by atoms with van der Waals surface area (Å²) in [7, 11) is 0.876. The summed E-state index contributed by atoms with van der Waals surface area (Å²) in [4.78, 5) is 4.41. The minimum absolute atomic E-state index is 0.217. The summed E-state index contributed by atoms with van der Waals surface area (Å²) in [6.45, 7) is 4.63. The maximum Gasteiger partial charge on any atom is 0.122 e. The Labute approximate surface area is 105 Å². The van der Waals surface area contributed by atoms with Gasteiger partial charge in [-0.15, -0.1) is 0 Å². The van der Waals surface area contributed by atoms with Crippen LogP contribution in [0, 0.1) is 6.92 Å². The molecule has 1 heterocycles. The van der Waals surface area contributed by atoms with Gasteiger partial charge in [-0.05, 0) is 13.8 Å². The monoisotopic (exact) mass is 256 g/mol. The summed E-state index contributed by atoms with van der Waals surface area (Å²) in [5, 5.41) is 3.30. The third-order valence-electron chi connectivity index (χ3n) is 2.33. The molecule has 0 aromatic carbocycles. The van der Waals surface area contributed by atoms with Crippen LogP contribution in [0.3, 0.4) is 0 Å². The first kappa shape index (κ1) is 14.1. The molecule has 0 aliphatic heterocycles. The van der Waals surface area contributed by atoms with E-state index in [0.29, 0.717) is 12.3 Å². The minimum Gasteiger partial charge on any atom is -0.497 e. The van der Waals surface area contributed by atoms with Crippen molar-refractivity contribution in [3.8, 4) is 5.75 Å². The third-order valence-corrected chi connectivity index (χ3v) is 3.30. The van der Waals surface area contributed by atoms with Gasteiger partial charge in [-0.1, -0.05) is 0 Å². The number of aromatic nitrogens is 1. The third kappa shape index (κ3) is 5.28. The average molecular weight is 256 g/mol. The smallest absolute Gasteiger partial charge is 0.122 e. The molecule has 4 nitrogen and oxygen atoms in total. The molecule has 0 saturated heterocycles. The number of methoxy groups -OCH3 is 1. The minimum atomic E-state index is -0.772. The van der Waals surface area contributed by atoms with Gasteiger partial charge in [0.2, 0.25) is 0 Å². The number of hydrogen-bond acceptors (Lipinski definition) is 4. The van der Waals surface area contributed by atoms with Gasteiger partial charge < -0.3 is 10.1 Å². The van der Waals surface area contributed by atoms with E-state index in [4.69, 9.17) is 4.74 Å². The molecule has 1 rings (SSSR count). The molecule has 1 aromatic rings. The lowest BCUT2D eigenvalue weighted by Gasteiger charge is -2.12. The van der Waals surface area contributed by atoms with E-state index in [-0.39, 0.29) is 6.04 Å². The van der Waals surface area contributed by atoms with Crippen molar-refractivity contribution in [1.82, 2.24) is 10.3 Å². The Kier molecular flexibility index (Phi) is 5.58. The maximum atomic E-state index is 11.1. The average Bonchev–Trinajstić information content (AvgIpc) is 2.24. The van der Waals surface area contributed by atoms with Crippen LogP contribution in [0.1, 0.15) is 18.3 Å². The molecular weight excluding hydrogens is 236 g/mol. The molecule has 17 heavy (non-hydrogen) atoms. The molecular formula is C12H20N2O2S. The van der Waals surface area contributed by atoms with Gasteiger partial charge in [0, 0.05) is 53.2 Å². The zero-order valence-corrected chi connectivity index (χ0v) is 11.6. The van der Waals surface area contributed by atoms with Crippen molar-refractivity contribution in [3.05, 3.63) is 23.5 Å². The summed E-state index contributed by atoms with van der Waals surface area (Å²) in [6, 6.07) is 4.03. The Hall–Kier alpha value is -0.940. The van der Waals surface area contributed by atoms with Crippen LogP contribution in [0.25, 0.3) is 0 Å². The highest BCUT2D eigenvalue weighted by Crippen LogP contribution is 2.13. The Bertz CT molecular complexity index is 396. The van der Waals surface area contributed by atoms with Crippen molar-refractivity contribution in [1.29, 1.82) is 0 Å². The van der Waals surface area contributed by atoms with Gasteiger partial charge in [0.25, 0.3) is 0 Å². The van der Waals surface area contributed by atoms with E-state index in [1.807, 2.05) is 26.0 Å². The van der Waals surface area contributed by atoms with E-state index in [1.165, 1.54) is 0 Å². The highest BCUT2D eigenvalue weighted by atomic mass is 32.2. The highest BCUT2D eigenvalue weighted by molar-refractivity contribution is 7.84. The van der Waals surface area contributed by atoms with Crippen LogP contribution in [-0.4, -0.2) is 34.4 Å². The Morgan fingerprint density at radius 3 is 2.82 bits per heavy atom. The topological polar surface area (TPSA) is 51.2 Å². The van der Waals surface area contributed by atoms with E-state index in [1.54, 1.807) is 13.4 Å². The van der Waals surface area contributed by atoms with Crippen molar-refractivity contribution in [2.45, 2.75) is 26.4 Å². The second-order valence-electron chi connectivity index (χ2n) is 4.16. The largest absolute Gasteiger partial charge is 0.497 e. The lowest BCUT2D eigenvalue weighted by molar-refractivity contribution is 0.412. The fourth-order valence-electron chi connectivity index (χ4n) is 1.60. The molecule has 5 heteroatoms. The van der Waals surface area contributed by atoms with Crippen LogP contribution in [0.4, 0.5) is 0 Å². The first-order chi connectivity index (χ1) is 8.01. The van der Waals surface area contributed by atoms with Crippen LogP contribution in [0.5, 0.6) is 5.75 Å². The second-order valence-corrected chi connectivity index (χ2v) is 5.64.